The first-order chi connectivity index (χ1) is 13.6. The van der Waals surface area contributed by atoms with Gasteiger partial charge in [-0.3, -0.25) is 14.3 Å². The van der Waals surface area contributed by atoms with Gasteiger partial charge in [0.25, 0.3) is 0 Å². The number of nitrogens with zero attached hydrogens (tertiary/aromatic N) is 3. The molecule has 2 aromatic rings. The molecule has 0 saturated carbocycles. The van der Waals surface area contributed by atoms with Gasteiger partial charge in [0.2, 0.25) is 11.8 Å². The normalized spacial score (nSPS) is 14.9. The van der Waals surface area contributed by atoms with Crippen molar-refractivity contribution in [2.24, 2.45) is 5.92 Å². The number of hydrogen-bond donors (Lipinski definition) is 1. The molecule has 8 heteroatoms. The summed E-state index contributed by atoms with van der Waals surface area (Å²) >= 11 is 7.74. The molecule has 1 aliphatic heterocycles. The van der Waals surface area contributed by atoms with Crippen molar-refractivity contribution in [3.05, 3.63) is 41.7 Å². The lowest BCUT2D eigenvalue weighted by Gasteiger charge is -2.31. The molecule has 1 aromatic carbocycles. The van der Waals surface area contributed by atoms with E-state index >= 15 is 0 Å². The average molecular weight is 421 g/mol. The first-order valence-electron chi connectivity index (χ1n) is 9.55. The number of carbonyl (C=O) groups is 2. The zero-order chi connectivity index (χ0) is 19.9. The fraction of sp³-hybridized carbons (Fsp3) is 0.450. The molecule has 6 nitrogen and oxygen atoms in total. The highest BCUT2D eigenvalue weighted by molar-refractivity contribution is 7.99. The summed E-state index contributed by atoms with van der Waals surface area (Å²) in [6, 6.07) is 7.66. The molecule has 0 bridgehead atoms. The summed E-state index contributed by atoms with van der Waals surface area (Å²) in [5.74, 6) is 0.788. The molecule has 1 N–H and O–H groups in total. The number of halogens is 1. The Morgan fingerprint density at radius 2 is 2.04 bits per heavy atom. The second-order valence-electron chi connectivity index (χ2n) is 6.76. The average Bonchev–Trinajstić information content (AvgIpc) is 3.17. The van der Waals surface area contributed by atoms with Crippen molar-refractivity contribution in [3.63, 3.8) is 0 Å². The highest BCUT2D eigenvalue weighted by Crippen LogP contribution is 2.27. The van der Waals surface area contributed by atoms with E-state index in [0.29, 0.717) is 38.1 Å². The van der Waals surface area contributed by atoms with Crippen molar-refractivity contribution in [2.45, 2.75) is 37.6 Å². The quantitative estimate of drug-likeness (QED) is 0.689. The molecule has 3 rings (SSSR count). The van der Waals surface area contributed by atoms with Crippen LogP contribution in [0.5, 0.6) is 0 Å². The lowest BCUT2D eigenvalue weighted by Crippen LogP contribution is -2.41. The van der Waals surface area contributed by atoms with E-state index in [9.17, 15) is 9.59 Å². The Morgan fingerprint density at radius 1 is 1.29 bits per heavy atom. The van der Waals surface area contributed by atoms with E-state index in [-0.39, 0.29) is 17.7 Å². The molecule has 0 spiro atoms. The first kappa shape index (κ1) is 20.7. The Hall–Kier alpha value is -1.99. The van der Waals surface area contributed by atoms with Crippen LogP contribution < -0.4 is 5.32 Å². The minimum absolute atomic E-state index is 0.0111. The van der Waals surface area contributed by atoms with E-state index in [1.165, 1.54) is 0 Å². The van der Waals surface area contributed by atoms with Gasteiger partial charge in [-0.25, -0.2) is 0 Å². The minimum atomic E-state index is -0.0634. The Balaban J connectivity index is 1.39. The molecule has 28 heavy (non-hydrogen) atoms. The van der Waals surface area contributed by atoms with Gasteiger partial charge in [0.15, 0.2) is 0 Å². The van der Waals surface area contributed by atoms with Crippen LogP contribution >= 0.6 is 23.4 Å². The molecule has 150 valence electrons. The fourth-order valence-electron chi connectivity index (χ4n) is 3.20. The van der Waals surface area contributed by atoms with Crippen LogP contribution in [0.4, 0.5) is 5.69 Å². The number of rotatable bonds is 7. The number of piperidine rings is 1. The van der Waals surface area contributed by atoms with Gasteiger partial charge in [0, 0.05) is 48.8 Å². The predicted octanol–water partition coefficient (Wildman–Crippen LogP) is 3.92. The number of anilines is 1. The molecule has 1 fully saturated rings. The monoisotopic (exact) mass is 420 g/mol. The molecule has 0 atom stereocenters. The summed E-state index contributed by atoms with van der Waals surface area (Å²) in [6.07, 6.45) is 5.35. The minimum Gasteiger partial charge on any atom is -0.343 e. The molecule has 2 amide bonds. The molecule has 0 radical (unpaired) electrons. The highest BCUT2D eigenvalue weighted by atomic mass is 35.5. The van der Waals surface area contributed by atoms with E-state index in [2.05, 4.69) is 10.4 Å². The summed E-state index contributed by atoms with van der Waals surface area (Å²) in [4.78, 5) is 27.7. The molecule has 1 aromatic heterocycles. The number of nitrogens with one attached hydrogen (secondary N) is 1. The zero-order valence-corrected chi connectivity index (χ0v) is 17.5. The van der Waals surface area contributed by atoms with Gasteiger partial charge in [-0.05, 0) is 31.9 Å². The zero-order valence-electron chi connectivity index (χ0n) is 15.9. The largest absolute Gasteiger partial charge is 0.343 e. The van der Waals surface area contributed by atoms with Crippen molar-refractivity contribution >= 4 is 40.9 Å². The number of likely N-dealkylation sites (tertiary alicyclic amines) is 1. The van der Waals surface area contributed by atoms with Crippen LogP contribution in [-0.4, -0.2) is 45.3 Å². The van der Waals surface area contributed by atoms with E-state index in [0.717, 1.165) is 22.2 Å². The number of aryl methyl sites for hydroxylation is 1. The second kappa shape index (κ2) is 9.98. The number of hydrogen-bond acceptors (Lipinski definition) is 4. The molecule has 1 saturated heterocycles. The van der Waals surface area contributed by atoms with Crippen molar-refractivity contribution in [1.29, 1.82) is 0 Å². The number of aromatic nitrogens is 2. The van der Waals surface area contributed by atoms with Gasteiger partial charge in [0.05, 0.1) is 16.9 Å². The van der Waals surface area contributed by atoms with Crippen LogP contribution in [0.1, 0.15) is 26.2 Å². The summed E-state index contributed by atoms with van der Waals surface area (Å²) in [6.45, 7) is 4.02. The maximum atomic E-state index is 12.4. The standard InChI is InChI=1S/C20H25ClN4O2S/c1-2-25-14-16(13-22-25)23-20(27)15-7-10-24(11-8-15)19(26)9-12-28-18-6-4-3-5-17(18)21/h3-6,13-15H,2,7-12H2,1H3,(H,23,27). The summed E-state index contributed by atoms with van der Waals surface area (Å²) in [7, 11) is 0. The van der Waals surface area contributed by atoms with Crippen LogP contribution in [0.15, 0.2) is 41.6 Å². The molecular formula is C20H25ClN4O2S. The maximum Gasteiger partial charge on any atom is 0.227 e. The Morgan fingerprint density at radius 3 is 2.71 bits per heavy atom. The third-order valence-electron chi connectivity index (χ3n) is 4.85. The van der Waals surface area contributed by atoms with Gasteiger partial charge in [-0.1, -0.05) is 23.7 Å². The molecule has 0 aliphatic carbocycles. The van der Waals surface area contributed by atoms with Crippen molar-refractivity contribution in [1.82, 2.24) is 14.7 Å². The fourth-order valence-corrected chi connectivity index (χ4v) is 4.38. The van der Waals surface area contributed by atoms with Crippen molar-refractivity contribution in [3.8, 4) is 0 Å². The molecule has 0 unspecified atom stereocenters. The van der Waals surface area contributed by atoms with E-state index in [4.69, 9.17) is 11.6 Å². The lowest BCUT2D eigenvalue weighted by atomic mass is 9.95. The number of thioether (sulfide) groups is 1. The summed E-state index contributed by atoms with van der Waals surface area (Å²) in [5, 5.41) is 7.81. The SMILES string of the molecule is CCn1cc(NC(=O)C2CCN(C(=O)CCSc3ccccc3Cl)CC2)cn1. The van der Waals surface area contributed by atoms with Crippen LogP contribution in [0.2, 0.25) is 5.02 Å². The van der Waals surface area contributed by atoms with Crippen LogP contribution in [0, 0.1) is 5.92 Å². The van der Waals surface area contributed by atoms with Gasteiger partial charge >= 0.3 is 0 Å². The highest BCUT2D eigenvalue weighted by Gasteiger charge is 2.27. The number of amides is 2. The topological polar surface area (TPSA) is 67.2 Å². The van der Waals surface area contributed by atoms with E-state index < -0.39 is 0 Å². The number of carbonyl (C=O) groups excluding carboxylic acids is 2. The number of benzene rings is 1. The third kappa shape index (κ3) is 5.52. The van der Waals surface area contributed by atoms with Gasteiger partial charge in [-0.2, -0.15) is 5.10 Å². The van der Waals surface area contributed by atoms with E-state index in [1.807, 2.05) is 42.3 Å². The van der Waals surface area contributed by atoms with Gasteiger partial charge < -0.3 is 10.2 Å². The second-order valence-corrected chi connectivity index (χ2v) is 8.30. The third-order valence-corrected chi connectivity index (χ3v) is 6.37. The smallest absolute Gasteiger partial charge is 0.227 e. The lowest BCUT2D eigenvalue weighted by molar-refractivity contribution is -0.134. The summed E-state index contributed by atoms with van der Waals surface area (Å²) in [5.41, 5.74) is 0.724. The van der Waals surface area contributed by atoms with Gasteiger partial charge in [0.1, 0.15) is 0 Å². The van der Waals surface area contributed by atoms with Crippen molar-refractivity contribution in [2.75, 3.05) is 24.2 Å². The Kier molecular flexibility index (Phi) is 7.39. The molecule has 2 heterocycles. The van der Waals surface area contributed by atoms with Gasteiger partial charge in [-0.15, -0.1) is 11.8 Å². The van der Waals surface area contributed by atoms with Crippen LogP contribution in [0.3, 0.4) is 0 Å². The molecular weight excluding hydrogens is 396 g/mol. The first-order valence-corrected chi connectivity index (χ1v) is 10.9. The Bertz CT molecular complexity index is 818. The maximum absolute atomic E-state index is 12.4. The van der Waals surface area contributed by atoms with Crippen LogP contribution in [-0.2, 0) is 16.1 Å². The Labute approximate surface area is 174 Å². The van der Waals surface area contributed by atoms with Crippen LogP contribution in [0.25, 0.3) is 0 Å². The summed E-state index contributed by atoms with van der Waals surface area (Å²) < 4.78 is 1.78. The van der Waals surface area contributed by atoms with E-state index in [1.54, 1.807) is 22.6 Å². The van der Waals surface area contributed by atoms with Crippen molar-refractivity contribution < 1.29 is 9.59 Å². The molecule has 1 aliphatic rings. The predicted molar refractivity (Wildman–Crippen MR) is 113 cm³/mol.